The number of aromatic nitrogens is 2. The van der Waals surface area contributed by atoms with Gasteiger partial charge in [0.15, 0.2) is 11.5 Å². The third-order valence-corrected chi connectivity index (χ3v) is 5.90. The number of carbonyl (C=O) groups excluding carboxylic acids is 1. The standard InChI is InChI=1S/C22H22N4O3/c27-21(25-12-11-22(14-25)28-18-7-3-4-8-19(18)29-22)23-13-20-24-16-5-1-2-6-17(16)26(20)15-9-10-15/h1-8,15H,9-14H2,(H,23,27). The highest BCUT2D eigenvalue weighted by Gasteiger charge is 2.48. The van der Waals surface area contributed by atoms with Gasteiger partial charge in [-0.2, -0.15) is 0 Å². The summed E-state index contributed by atoms with van der Waals surface area (Å²) in [6, 6.07) is 16.2. The van der Waals surface area contributed by atoms with E-state index in [1.165, 1.54) is 12.8 Å². The molecular formula is C22H22N4O3. The molecule has 0 atom stereocenters. The van der Waals surface area contributed by atoms with E-state index in [4.69, 9.17) is 14.5 Å². The van der Waals surface area contributed by atoms with Crippen molar-refractivity contribution in [2.45, 2.75) is 37.6 Å². The first-order valence-corrected chi connectivity index (χ1v) is 10.2. The van der Waals surface area contributed by atoms with Crippen molar-refractivity contribution >= 4 is 17.1 Å². The molecule has 2 fully saturated rings. The van der Waals surface area contributed by atoms with Gasteiger partial charge in [0, 0.05) is 19.0 Å². The van der Waals surface area contributed by atoms with Crippen molar-refractivity contribution in [3.8, 4) is 11.5 Å². The van der Waals surface area contributed by atoms with Gasteiger partial charge in [-0.3, -0.25) is 0 Å². The van der Waals surface area contributed by atoms with Gasteiger partial charge in [0.25, 0.3) is 5.79 Å². The fourth-order valence-electron chi connectivity index (χ4n) is 4.36. The maximum atomic E-state index is 12.8. The van der Waals surface area contributed by atoms with Crippen LogP contribution in [-0.2, 0) is 6.54 Å². The van der Waals surface area contributed by atoms with E-state index >= 15 is 0 Å². The van der Waals surface area contributed by atoms with Crippen LogP contribution in [0.3, 0.4) is 0 Å². The van der Waals surface area contributed by atoms with Gasteiger partial charge in [-0.05, 0) is 37.1 Å². The van der Waals surface area contributed by atoms with Gasteiger partial charge < -0.3 is 24.3 Å². The first-order chi connectivity index (χ1) is 14.2. The number of ether oxygens (including phenoxy) is 2. The third-order valence-electron chi connectivity index (χ3n) is 5.90. The van der Waals surface area contributed by atoms with Gasteiger partial charge in [-0.25, -0.2) is 9.78 Å². The molecule has 1 aromatic heterocycles. The van der Waals surface area contributed by atoms with Crippen LogP contribution < -0.4 is 14.8 Å². The molecule has 1 saturated heterocycles. The fourth-order valence-corrected chi connectivity index (χ4v) is 4.36. The van der Waals surface area contributed by atoms with Gasteiger partial charge in [0.2, 0.25) is 0 Å². The summed E-state index contributed by atoms with van der Waals surface area (Å²) in [5.41, 5.74) is 2.12. The SMILES string of the molecule is O=C(NCc1nc2ccccc2n1C1CC1)N1CCC2(C1)Oc1ccccc1O2. The molecule has 3 aromatic rings. The van der Waals surface area contributed by atoms with E-state index in [9.17, 15) is 4.79 Å². The lowest BCUT2D eigenvalue weighted by Gasteiger charge is -2.23. The minimum atomic E-state index is -0.762. The molecular weight excluding hydrogens is 368 g/mol. The molecule has 29 heavy (non-hydrogen) atoms. The van der Waals surface area contributed by atoms with Crippen LogP contribution in [0.25, 0.3) is 11.0 Å². The van der Waals surface area contributed by atoms with Crippen LogP contribution in [0.15, 0.2) is 48.5 Å². The van der Waals surface area contributed by atoms with E-state index in [2.05, 4.69) is 16.0 Å². The molecule has 1 aliphatic carbocycles. The highest BCUT2D eigenvalue weighted by Crippen LogP contribution is 2.43. The number of hydrogen-bond donors (Lipinski definition) is 1. The fraction of sp³-hybridized carbons (Fsp3) is 0.364. The lowest BCUT2D eigenvalue weighted by Crippen LogP contribution is -2.45. The Morgan fingerprint density at radius 1 is 1.10 bits per heavy atom. The number of imidazole rings is 1. The molecule has 7 heteroatoms. The maximum Gasteiger partial charge on any atom is 0.318 e. The number of nitrogens with zero attached hydrogens (tertiary/aromatic N) is 3. The lowest BCUT2D eigenvalue weighted by molar-refractivity contribution is -0.0650. The number of rotatable bonds is 3. The molecule has 1 N–H and O–H groups in total. The first-order valence-electron chi connectivity index (χ1n) is 10.2. The molecule has 1 saturated carbocycles. The van der Waals surface area contributed by atoms with Crippen molar-refractivity contribution in [2.24, 2.45) is 0 Å². The summed E-state index contributed by atoms with van der Waals surface area (Å²) < 4.78 is 14.4. The molecule has 3 heterocycles. The Hall–Kier alpha value is -3.22. The molecule has 1 spiro atoms. The van der Waals surface area contributed by atoms with Gasteiger partial charge in [-0.15, -0.1) is 0 Å². The number of para-hydroxylation sites is 4. The minimum absolute atomic E-state index is 0.112. The Balaban J connectivity index is 1.15. The highest BCUT2D eigenvalue weighted by atomic mass is 16.7. The van der Waals surface area contributed by atoms with Gasteiger partial charge >= 0.3 is 6.03 Å². The largest absolute Gasteiger partial charge is 0.447 e. The van der Waals surface area contributed by atoms with E-state index in [1.54, 1.807) is 4.90 Å². The Bertz CT molecular complexity index is 1080. The van der Waals surface area contributed by atoms with Crippen molar-refractivity contribution in [2.75, 3.05) is 13.1 Å². The summed E-state index contributed by atoms with van der Waals surface area (Å²) in [6.45, 7) is 1.42. The third kappa shape index (κ3) is 2.80. The Morgan fingerprint density at radius 2 is 1.83 bits per heavy atom. The second kappa shape index (κ2) is 6.14. The normalized spacial score (nSPS) is 19.2. The van der Waals surface area contributed by atoms with Crippen LogP contribution in [0.1, 0.15) is 31.1 Å². The zero-order valence-corrected chi connectivity index (χ0v) is 16.0. The molecule has 6 rings (SSSR count). The summed E-state index contributed by atoms with van der Waals surface area (Å²) >= 11 is 0. The second-order valence-electron chi connectivity index (χ2n) is 8.01. The zero-order valence-electron chi connectivity index (χ0n) is 16.0. The first kappa shape index (κ1) is 16.7. The number of likely N-dealkylation sites (tertiary alicyclic amines) is 1. The number of benzene rings is 2. The zero-order chi connectivity index (χ0) is 19.4. The van der Waals surface area contributed by atoms with Crippen molar-refractivity contribution in [1.82, 2.24) is 19.8 Å². The topological polar surface area (TPSA) is 68.6 Å². The van der Waals surface area contributed by atoms with Crippen molar-refractivity contribution < 1.29 is 14.3 Å². The molecule has 0 radical (unpaired) electrons. The summed E-state index contributed by atoms with van der Waals surface area (Å²) in [5, 5.41) is 3.04. The van der Waals surface area contributed by atoms with E-state index in [0.29, 0.717) is 32.1 Å². The predicted octanol–water partition coefficient (Wildman–Crippen LogP) is 3.45. The van der Waals surface area contributed by atoms with Crippen LogP contribution in [0.5, 0.6) is 11.5 Å². The quantitative estimate of drug-likeness (QED) is 0.744. The lowest BCUT2D eigenvalue weighted by atomic mass is 10.2. The van der Waals surface area contributed by atoms with Gasteiger partial charge in [0.1, 0.15) is 5.82 Å². The molecule has 7 nitrogen and oxygen atoms in total. The van der Waals surface area contributed by atoms with Crippen LogP contribution in [0, 0.1) is 0 Å². The highest BCUT2D eigenvalue weighted by molar-refractivity contribution is 5.77. The van der Waals surface area contributed by atoms with Gasteiger partial charge in [-0.1, -0.05) is 24.3 Å². The summed E-state index contributed by atoms with van der Waals surface area (Å²) in [4.78, 5) is 19.3. The van der Waals surface area contributed by atoms with Crippen LogP contribution in [0.2, 0.25) is 0 Å². The van der Waals surface area contributed by atoms with Crippen LogP contribution >= 0.6 is 0 Å². The molecule has 3 aliphatic rings. The average Bonchev–Trinajstić information content (AvgIpc) is 3.23. The summed E-state index contributed by atoms with van der Waals surface area (Å²) in [6.07, 6.45) is 2.99. The van der Waals surface area contributed by atoms with E-state index < -0.39 is 5.79 Å². The number of urea groups is 1. The van der Waals surface area contributed by atoms with E-state index in [-0.39, 0.29) is 6.03 Å². The molecule has 2 aliphatic heterocycles. The Kier molecular flexibility index (Phi) is 3.54. The molecule has 148 valence electrons. The summed E-state index contributed by atoms with van der Waals surface area (Å²) in [5.74, 6) is 1.64. The van der Waals surface area contributed by atoms with Gasteiger partial charge in [0.05, 0.1) is 24.1 Å². The van der Waals surface area contributed by atoms with Crippen LogP contribution in [0.4, 0.5) is 4.79 Å². The smallest absolute Gasteiger partial charge is 0.318 e. The van der Waals surface area contributed by atoms with Crippen LogP contribution in [-0.4, -0.2) is 39.4 Å². The van der Waals surface area contributed by atoms with Crippen molar-refractivity contribution in [1.29, 1.82) is 0 Å². The Labute approximate surface area is 168 Å². The minimum Gasteiger partial charge on any atom is -0.447 e. The Morgan fingerprint density at radius 3 is 2.59 bits per heavy atom. The second-order valence-corrected chi connectivity index (χ2v) is 8.01. The average molecular weight is 390 g/mol. The molecule has 0 bridgehead atoms. The number of carbonyl (C=O) groups is 1. The van der Waals surface area contributed by atoms with E-state index in [1.807, 2.05) is 42.5 Å². The molecule has 0 unspecified atom stereocenters. The number of fused-ring (bicyclic) bond motifs is 2. The van der Waals surface area contributed by atoms with Crippen molar-refractivity contribution in [3.05, 3.63) is 54.4 Å². The maximum absolute atomic E-state index is 12.8. The van der Waals surface area contributed by atoms with E-state index in [0.717, 1.165) is 28.4 Å². The predicted molar refractivity (Wildman–Crippen MR) is 107 cm³/mol. The molecule has 2 amide bonds. The molecule has 2 aromatic carbocycles. The number of nitrogens with one attached hydrogen (secondary N) is 1. The number of amides is 2. The summed E-state index contributed by atoms with van der Waals surface area (Å²) in [7, 11) is 0. The number of hydrogen-bond acceptors (Lipinski definition) is 4. The van der Waals surface area contributed by atoms with Crippen molar-refractivity contribution in [3.63, 3.8) is 0 Å². The monoisotopic (exact) mass is 390 g/mol.